The molecular formula is C22H18ClN5O2. The molecule has 4 aromatic rings. The first kappa shape index (κ1) is 18.6. The molecule has 1 aliphatic carbocycles. The van der Waals surface area contributed by atoms with Gasteiger partial charge >= 0.3 is 0 Å². The van der Waals surface area contributed by atoms with Crippen molar-refractivity contribution in [1.29, 1.82) is 0 Å². The second kappa shape index (κ2) is 7.12. The molecule has 1 atom stereocenters. The van der Waals surface area contributed by atoms with Crippen LogP contribution < -0.4 is 11.1 Å². The van der Waals surface area contributed by atoms with Crippen LogP contribution in [0.15, 0.2) is 81.2 Å². The van der Waals surface area contributed by atoms with Crippen molar-refractivity contribution in [2.45, 2.75) is 18.9 Å². The molecule has 0 spiro atoms. The van der Waals surface area contributed by atoms with Crippen molar-refractivity contribution in [3.63, 3.8) is 0 Å². The van der Waals surface area contributed by atoms with Gasteiger partial charge in [-0.3, -0.25) is 4.98 Å². The van der Waals surface area contributed by atoms with Crippen molar-refractivity contribution < 1.29 is 8.83 Å². The predicted molar refractivity (Wildman–Crippen MR) is 115 cm³/mol. The van der Waals surface area contributed by atoms with Gasteiger partial charge in [-0.05, 0) is 36.8 Å². The van der Waals surface area contributed by atoms with Gasteiger partial charge in [0.05, 0.1) is 6.20 Å². The zero-order chi connectivity index (χ0) is 20.7. The van der Waals surface area contributed by atoms with E-state index in [0.29, 0.717) is 40.2 Å². The van der Waals surface area contributed by atoms with Gasteiger partial charge in [-0.25, -0.2) is 9.97 Å². The first-order chi connectivity index (χ1) is 14.5. The Morgan fingerprint density at radius 3 is 2.83 bits per heavy atom. The Morgan fingerprint density at radius 1 is 1.17 bits per heavy atom. The summed E-state index contributed by atoms with van der Waals surface area (Å²) in [6.07, 6.45) is 9.38. The minimum absolute atomic E-state index is 0.387. The van der Waals surface area contributed by atoms with E-state index < -0.39 is 5.54 Å². The third-order valence-corrected chi connectivity index (χ3v) is 5.29. The van der Waals surface area contributed by atoms with Crippen molar-refractivity contribution in [3.05, 3.63) is 83.3 Å². The molecule has 30 heavy (non-hydrogen) atoms. The quantitative estimate of drug-likeness (QED) is 0.478. The third-order valence-electron chi connectivity index (χ3n) is 5.05. The summed E-state index contributed by atoms with van der Waals surface area (Å²) in [5.41, 5.74) is 9.89. The number of oxazole rings is 2. The Kier molecular flexibility index (Phi) is 4.42. The van der Waals surface area contributed by atoms with Crippen molar-refractivity contribution in [2.75, 3.05) is 5.32 Å². The lowest BCUT2D eigenvalue weighted by Gasteiger charge is -2.28. The van der Waals surface area contributed by atoms with Gasteiger partial charge in [0.2, 0.25) is 5.89 Å². The van der Waals surface area contributed by atoms with Crippen LogP contribution in [0.3, 0.4) is 0 Å². The highest BCUT2D eigenvalue weighted by Gasteiger charge is 2.34. The molecular weight excluding hydrogens is 402 g/mol. The van der Waals surface area contributed by atoms with Crippen LogP contribution in [0.4, 0.5) is 6.01 Å². The van der Waals surface area contributed by atoms with Crippen LogP contribution in [0, 0.1) is 0 Å². The zero-order valence-electron chi connectivity index (χ0n) is 16.1. The van der Waals surface area contributed by atoms with E-state index >= 15 is 0 Å². The fourth-order valence-electron chi connectivity index (χ4n) is 3.36. The van der Waals surface area contributed by atoms with Crippen molar-refractivity contribution in [2.24, 2.45) is 5.73 Å². The standard InChI is InChI=1S/C22H18ClN5O2/c1-13-4-7-22(24,20-27-16-3-2-15(23)10-18(16)29-20)11-17(13)28-21-26-12-19(30-21)14-5-8-25-9-6-14/h2-10,12H,11,24H2,1H3,(H,26,28). The number of rotatable bonds is 4. The van der Waals surface area contributed by atoms with E-state index in [-0.39, 0.29) is 0 Å². The number of halogens is 1. The van der Waals surface area contributed by atoms with E-state index in [4.69, 9.17) is 26.2 Å². The minimum Gasteiger partial charge on any atom is -0.438 e. The van der Waals surface area contributed by atoms with Crippen LogP contribution in [-0.4, -0.2) is 15.0 Å². The molecule has 3 N–H and O–H groups in total. The molecule has 0 saturated carbocycles. The lowest BCUT2D eigenvalue weighted by atomic mass is 9.87. The Morgan fingerprint density at radius 2 is 2.00 bits per heavy atom. The van der Waals surface area contributed by atoms with E-state index in [2.05, 4.69) is 20.3 Å². The maximum Gasteiger partial charge on any atom is 0.299 e. The Labute approximate surface area is 177 Å². The zero-order valence-corrected chi connectivity index (χ0v) is 16.8. The molecule has 0 saturated heterocycles. The van der Waals surface area contributed by atoms with Crippen molar-refractivity contribution in [3.8, 4) is 11.3 Å². The Hall–Kier alpha value is -3.42. The summed E-state index contributed by atoms with van der Waals surface area (Å²) < 4.78 is 11.8. The summed E-state index contributed by atoms with van der Waals surface area (Å²) in [7, 11) is 0. The number of nitrogens with zero attached hydrogens (tertiary/aromatic N) is 3. The number of nitrogens with one attached hydrogen (secondary N) is 1. The second-order valence-electron chi connectivity index (χ2n) is 7.23. The highest BCUT2D eigenvalue weighted by molar-refractivity contribution is 6.31. The number of benzene rings is 1. The topological polar surface area (TPSA) is 103 Å². The van der Waals surface area contributed by atoms with Gasteiger partial charge in [-0.15, -0.1) is 0 Å². The van der Waals surface area contributed by atoms with E-state index in [1.807, 2.05) is 37.3 Å². The maximum atomic E-state index is 6.68. The van der Waals surface area contributed by atoms with E-state index in [1.165, 1.54) is 0 Å². The molecule has 0 radical (unpaired) electrons. The predicted octanol–water partition coefficient (Wildman–Crippen LogP) is 5.03. The third kappa shape index (κ3) is 3.38. The highest BCUT2D eigenvalue weighted by Crippen LogP contribution is 2.35. The molecule has 0 aliphatic heterocycles. The Balaban J connectivity index is 1.41. The average Bonchev–Trinajstić information content (AvgIpc) is 3.39. The normalized spacial score (nSPS) is 18.9. The van der Waals surface area contributed by atoms with Gasteiger partial charge in [-0.1, -0.05) is 23.8 Å². The second-order valence-corrected chi connectivity index (χ2v) is 7.67. The lowest BCUT2D eigenvalue weighted by Crippen LogP contribution is -2.38. The van der Waals surface area contributed by atoms with Gasteiger partial charge in [-0.2, -0.15) is 0 Å². The summed E-state index contributed by atoms with van der Waals surface area (Å²) in [6, 6.07) is 9.44. The molecule has 150 valence electrons. The number of nitrogens with two attached hydrogens (primary N) is 1. The molecule has 3 heterocycles. The SMILES string of the molecule is CC1=C(Nc2ncc(-c3ccncc3)o2)CC(N)(c2nc3ccc(Cl)cc3o2)C=C1. The lowest BCUT2D eigenvalue weighted by molar-refractivity contribution is 0.396. The summed E-state index contributed by atoms with van der Waals surface area (Å²) in [5, 5.41) is 3.84. The van der Waals surface area contributed by atoms with Crippen molar-refractivity contribution >= 4 is 28.7 Å². The van der Waals surface area contributed by atoms with Crippen LogP contribution in [-0.2, 0) is 5.54 Å². The summed E-state index contributed by atoms with van der Waals surface area (Å²) in [6.45, 7) is 2.00. The van der Waals surface area contributed by atoms with Crippen LogP contribution in [0.25, 0.3) is 22.4 Å². The number of allylic oxidation sites excluding steroid dienone is 2. The molecule has 1 unspecified atom stereocenters. The monoisotopic (exact) mass is 419 g/mol. The summed E-state index contributed by atoms with van der Waals surface area (Å²) in [4.78, 5) is 12.9. The molecule has 3 aromatic heterocycles. The molecule has 7 nitrogen and oxygen atoms in total. The molecule has 1 aliphatic rings. The first-order valence-corrected chi connectivity index (χ1v) is 9.76. The van der Waals surface area contributed by atoms with E-state index in [1.54, 1.807) is 30.7 Å². The van der Waals surface area contributed by atoms with Gasteiger partial charge in [0.15, 0.2) is 11.3 Å². The summed E-state index contributed by atoms with van der Waals surface area (Å²) in [5.74, 6) is 1.08. The molecule has 0 bridgehead atoms. The fraction of sp³-hybridized carbons (Fsp3) is 0.136. The van der Waals surface area contributed by atoms with Crippen molar-refractivity contribution in [1.82, 2.24) is 15.0 Å². The first-order valence-electron chi connectivity index (χ1n) is 9.38. The number of aromatic nitrogens is 3. The van der Waals surface area contributed by atoms with Gasteiger partial charge in [0.25, 0.3) is 6.01 Å². The van der Waals surface area contributed by atoms with Crippen LogP contribution >= 0.6 is 11.6 Å². The molecule has 0 fully saturated rings. The van der Waals surface area contributed by atoms with Crippen LogP contribution in [0.2, 0.25) is 5.02 Å². The number of hydrogen-bond donors (Lipinski definition) is 2. The molecule has 0 amide bonds. The maximum absolute atomic E-state index is 6.68. The highest BCUT2D eigenvalue weighted by atomic mass is 35.5. The van der Waals surface area contributed by atoms with Gasteiger partial charge in [0, 0.05) is 41.2 Å². The number of anilines is 1. The Bertz CT molecular complexity index is 1290. The molecule has 1 aromatic carbocycles. The van der Waals surface area contributed by atoms with E-state index in [9.17, 15) is 0 Å². The number of hydrogen-bond acceptors (Lipinski definition) is 7. The number of pyridine rings is 1. The minimum atomic E-state index is -0.909. The summed E-state index contributed by atoms with van der Waals surface area (Å²) >= 11 is 6.06. The molecule has 8 heteroatoms. The van der Waals surface area contributed by atoms with Gasteiger partial charge < -0.3 is 19.9 Å². The van der Waals surface area contributed by atoms with Gasteiger partial charge in [0.1, 0.15) is 11.1 Å². The largest absolute Gasteiger partial charge is 0.438 e. The average molecular weight is 420 g/mol. The molecule has 5 rings (SSSR count). The number of fused-ring (bicyclic) bond motifs is 1. The smallest absolute Gasteiger partial charge is 0.299 e. The van der Waals surface area contributed by atoms with E-state index in [0.717, 1.165) is 16.8 Å². The van der Waals surface area contributed by atoms with Crippen LogP contribution in [0.1, 0.15) is 19.2 Å². The fourth-order valence-corrected chi connectivity index (χ4v) is 3.53. The van der Waals surface area contributed by atoms with Crippen LogP contribution in [0.5, 0.6) is 0 Å².